The lowest BCUT2D eigenvalue weighted by atomic mass is 10.0. The summed E-state index contributed by atoms with van der Waals surface area (Å²) in [5.41, 5.74) is 6.55. The molecule has 1 aliphatic rings. The van der Waals surface area contributed by atoms with Crippen LogP contribution in [-0.4, -0.2) is 35.2 Å². The molecule has 0 atom stereocenters. The second-order valence-electron chi connectivity index (χ2n) is 6.77. The first kappa shape index (κ1) is 17.0. The standard InChI is InChI=1S/C21H21ClN4/c1-15-6-8-20(24-23-15)16-7-9-21-17(12-16)14-25(2)10-11-26(21)19-5-3-4-18(22)13-19/h3-9,12-13H,10-11,14H2,1-2H3. The molecule has 2 aromatic carbocycles. The van der Waals surface area contributed by atoms with Crippen LogP contribution in [0, 0.1) is 6.92 Å². The van der Waals surface area contributed by atoms with Gasteiger partial charge in [0, 0.05) is 41.6 Å². The summed E-state index contributed by atoms with van der Waals surface area (Å²) >= 11 is 6.23. The van der Waals surface area contributed by atoms with Gasteiger partial charge in [-0.2, -0.15) is 10.2 Å². The average Bonchev–Trinajstić information content (AvgIpc) is 2.80. The second-order valence-corrected chi connectivity index (χ2v) is 7.21. The summed E-state index contributed by atoms with van der Waals surface area (Å²) < 4.78 is 0. The molecule has 1 aromatic heterocycles. The molecule has 0 aliphatic carbocycles. The maximum atomic E-state index is 6.23. The molecule has 132 valence electrons. The summed E-state index contributed by atoms with van der Waals surface area (Å²) in [5.74, 6) is 0. The highest BCUT2D eigenvalue weighted by molar-refractivity contribution is 6.30. The Labute approximate surface area is 159 Å². The molecular weight excluding hydrogens is 344 g/mol. The number of hydrogen-bond acceptors (Lipinski definition) is 4. The summed E-state index contributed by atoms with van der Waals surface area (Å²) in [6.45, 7) is 4.76. The predicted octanol–water partition coefficient (Wildman–Crippen LogP) is 4.69. The summed E-state index contributed by atoms with van der Waals surface area (Å²) in [4.78, 5) is 4.68. The van der Waals surface area contributed by atoms with Crippen molar-refractivity contribution in [3.05, 3.63) is 70.9 Å². The van der Waals surface area contributed by atoms with Crippen molar-refractivity contribution in [2.45, 2.75) is 13.5 Å². The fraction of sp³-hybridized carbons (Fsp3) is 0.238. The van der Waals surface area contributed by atoms with Crippen molar-refractivity contribution in [3.8, 4) is 11.3 Å². The highest BCUT2D eigenvalue weighted by atomic mass is 35.5. The number of hydrogen-bond donors (Lipinski definition) is 0. The average molecular weight is 365 g/mol. The highest BCUT2D eigenvalue weighted by Crippen LogP contribution is 2.34. The van der Waals surface area contributed by atoms with E-state index in [1.54, 1.807) is 0 Å². The van der Waals surface area contributed by atoms with E-state index in [2.05, 4.69) is 51.3 Å². The highest BCUT2D eigenvalue weighted by Gasteiger charge is 2.20. The van der Waals surface area contributed by atoms with E-state index < -0.39 is 0 Å². The Kier molecular flexibility index (Phi) is 4.62. The van der Waals surface area contributed by atoms with E-state index in [4.69, 9.17) is 11.6 Å². The monoisotopic (exact) mass is 364 g/mol. The molecule has 0 saturated carbocycles. The second kappa shape index (κ2) is 7.06. The van der Waals surface area contributed by atoms with Gasteiger partial charge in [0.25, 0.3) is 0 Å². The zero-order valence-electron chi connectivity index (χ0n) is 15.0. The first-order valence-corrected chi connectivity index (χ1v) is 9.13. The first-order chi connectivity index (χ1) is 12.6. The number of aromatic nitrogens is 2. The van der Waals surface area contributed by atoms with E-state index in [0.29, 0.717) is 0 Å². The van der Waals surface area contributed by atoms with Crippen LogP contribution >= 0.6 is 11.6 Å². The molecule has 0 N–H and O–H groups in total. The van der Waals surface area contributed by atoms with Gasteiger partial charge < -0.3 is 9.80 Å². The zero-order chi connectivity index (χ0) is 18.1. The normalized spacial score (nSPS) is 14.8. The molecule has 0 amide bonds. The molecule has 4 nitrogen and oxygen atoms in total. The Bertz CT molecular complexity index is 924. The van der Waals surface area contributed by atoms with Gasteiger partial charge in [-0.3, -0.25) is 0 Å². The van der Waals surface area contributed by atoms with Crippen LogP contribution in [0.3, 0.4) is 0 Å². The van der Waals surface area contributed by atoms with Crippen LogP contribution in [0.25, 0.3) is 11.3 Å². The third kappa shape index (κ3) is 3.43. The van der Waals surface area contributed by atoms with Crippen molar-refractivity contribution in [1.29, 1.82) is 0 Å². The topological polar surface area (TPSA) is 32.3 Å². The molecule has 1 aliphatic heterocycles. The van der Waals surface area contributed by atoms with Gasteiger partial charge in [0.05, 0.1) is 11.4 Å². The molecule has 0 saturated heterocycles. The molecule has 0 bridgehead atoms. The number of fused-ring (bicyclic) bond motifs is 1. The SMILES string of the molecule is Cc1ccc(-c2ccc3c(c2)CN(C)CCN3c2cccc(Cl)c2)nn1. The Morgan fingerprint density at radius 1 is 0.962 bits per heavy atom. The Hall–Kier alpha value is -2.43. The molecule has 3 aromatic rings. The van der Waals surface area contributed by atoms with E-state index in [1.165, 1.54) is 11.3 Å². The van der Waals surface area contributed by atoms with Gasteiger partial charge in [-0.1, -0.05) is 23.7 Å². The zero-order valence-corrected chi connectivity index (χ0v) is 15.7. The Morgan fingerprint density at radius 3 is 2.62 bits per heavy atom. The van der Waals surface area contributed by atoms with Gasteiger partial charge in [0.1, 0.15) is 0 Å². The van der Waals surface area contributed by atoms with Gasteiger partial charge in [-0.15, -0.1) is 0 Å². The van der Waals surface area contributed by atoms with Crippen molar-refractivity contribution >= 4 is 23.0 Å². The predicted molar refractivity (Wildman–Crippen MR) is 107 cm³/mol. The van der Waals surface area contributed by atoms with Gasteiger partial charge in [-0.25, -0.2) is 0 Å². The maximum Gasteiger partial charge on any atom is 0.0929 e. The van der Waals surface area contributed by atoms with Crippen molar-refractivity contribution < 1.29 is 0 Å². The molecular formula is C21H21ClN4. The van der Waals surface area contributed by atoms with Crippen LogP contribution in [0.15, 0.2) is 54.6 Å². The lowest BCUT2D eigenvalue weighted by Gasteiger charge is -2.25. The summed E-state index contributed by atoms with van der Waals surface area (Å²) in [7, 11) is 2.16. The minimum atomic E-state index is 0.758. The minimum Gasteiger partial charge on any atom is -0.340 e. The number of likely N-dealkylation sites (N-methyl/N-ethyl adjacent to an activating group) is 1. The largest absolute Gasteiger partial charge is 0.340 e. The van der Waals surface area contributed by atoms with Crippen LogP contribution < -0.4 is 4.90 Å². The van der Waals surface area contributed by atoms with Gasteiger partial charge in [0.15, 0.2) is 0 Å². The number of anilines is 2. The molecule has 5 heteroatoms. The fourth-order valence-corrected chi connectivity index (χ4v) is 3.55. The number of aryl methyl sites for hydroxylation is 1. The van der Waals surface area contributed by atoms with Crippen LogP contribution in [0.2, 0.25) is 5.02 Å². The lowest BCUT2D eigenvalue weighted by Crippen LogP contribution is -2.26. The maximum absolute atomic E-state index is 6.23. The summed E-state index contributed by atoms with van der Waals surface area (Å²) in [5, 5.41) is 9.28. The molecule has 0 fully saturated rings. The third-order valence-corrected chi connectivity index (χ3v) is 4.96. The first-order valence-electron chi connectivity index (χ1n) is 8.75. The smallest absolute Gasteiger partial charge is 0.0929 e. The van der Waals surface area contributed by atoms with Crippen molar-refractivity contribution in [2.24, 2.45) is 0 Å². The number of halogens is 1. The molecule has 26 heavy (non-hydrogen) atoms. The minimum absolute atomic E-state index is 0.758. The van der Waals surface area contributed by atoms with Crippen molar-refractivity contribution in [1.82, 2.24) is 15.1 Å². The number of benzene rings is 2. The molecule has 0 radical (unpaired) electrons. The summed E-state index contributed by atoms with van der Waals surface area (Å²) in [6, 6.07) is 18.6. The summed E-state index contributed by atoms with van der Waals surface area (Å²) in [6.07, 6.45) is 0. The number of nitrogens with zero attached hydrogens (tertiary/aromatic N) is 4. The fourth-order valence-electron chi connectivity index (χ4n) is 3.36. The molecule has 2 heterocycles. The Balaban J connectivity index is 1.78. The van der Waals surface area contributed by atoms with E-state index in [9.17, 15) is 0 Å². The van der Waals surface area contributed by atoms with Crippen molar-refractivity contribution in [2.75, 3.05) is 25.0 Å². The number of rotatable bonds is 2. The van der Waals surface area contributed by atoms with Crippen molar-refractivity contribution in [3.63, 3.8) is 0 Å². The van der Waals surface area contributed by atoms with Gasteiger partial charge in [-0.05, 0) is 62.0 Å². The van der Waals surface area contributed by atoms with E-state index in [1.807, 2.05) is 37.3 Å². The van der Waals surface area contributed by atoms with E-state index in [-0.39, 0.29) is 0 Å². The van der Waals surface area contributed by atoms with E-state index >= 15 is 0 Å². The van der Waals surface area contributed by atoms with Gasteiger partial charge in [0.2, 0.25) is 0 Å². The van der Waals surface area contributed by atoms with Gasteiger partial charge >= 0.3 is 0 Å². The van der Waals surface area contributed by atoms with Crippen LogP contribution in [0.5, 0.6) is 0 Å². The molecule has 0 unspecified atom stereocenters. The molecule has 4 rings (SSSR count). The third-order valence-electron chi connectivity index (χ3n) is 4.73. The van der Waals surface area contributed by atoms with Crippen LogP contribution in [0.4, 0.5) is 11.4 Å². The van der Waals surface area contributed by atoms with Crippen LogP contribution in [0.1, 0.15) is 11.3 Å². The molecule has 0 spiro atoms. The van der Waals surface area contributed by atoms with Crippen LogP contribution in [-0.2, 0) is 6.54 Å². The lowest BCUT2D eigenvalue weighted by molar-refractivity contribution is 0.343. The Morgan fingerprint density at radius 2 is 1.85 bits per heavy atom. The quantitative estimate of drug-likeness (QED) is 0.660. The van der Waals surface area contributed by atoms with E-state index in [0.717, 1.165) is 47.3 Å².